The quantitative estimate of drug-likeness (QED) is 0.0198. The highest BCUT2D eigenvalue weighted by Gasteiger charge is 2.19. The zero-order valence-corrected chi connectivity index (χ0v) is 41.6. The number of carbonyl (C=O) groups excluding carboxylic acids is 7. The van der Waals surface area contributed by atoms with E-state index >= 15 is 0 Å². The fourth-order valence-corrected chi connectivity index (χ4v) is 7.88. The SMILES string of the molecule is CNC(=O)C(=O)NNc1ccc(NC(=O)C[n+]2cc(C)cc(C(=O)NCCSCCNOCc3cc(C)c[n+](CC(=O)Nc4ccc(NNC(=O)C(=O)NCCCN5CCOCC5)c(C)c4)c3)c2)cc1C. The number of aromatic nitrogens is 2. The Hall–Kier alpha value is -7.18. The topological polar surface area (TPSA) is 269 Å². The number of carbonyl (C=O) groups is 7. The molecule has 4 aromatic rings. The van der Waals surface area contributed by atoms with Crippen molar-refractivity contribution >= 4 is 75.9 Å². The van der Waals surface area contributed by atoms with Crippen molar-refractivity contribution in [3.05, 3.63) is 107 Å². The number of rotatable bonds is 24. The largest absolute Gasteiger partial charge is 0.379 e. The summed E-state index contributed by atoms with van der Waals surface area (Å²) < 4.78 is 8.78. The molecule has 3 heterocycles. The van der Waals surface area contributed by atoms with Crippen LogP contribution >= 0.6 is 11.8 Å². The number of nitrogens with one attached hydrogen (secondary N) is 10. The minimum atomic E-state index is -0.842. The number of hydroxylamine groups is 1. The number of anilines is 4. The molecule has 10 N–H and O–H groups in total. The molecule has 2 aromatic carbocycles. The highest BCUT2D eigenvalue weighted by atomic mass is 32.2. The lowest BCUT2D eigenvalue weighted by molar-refractivity contribution is -0.684. The summed E-state index contributed by atoms with van der Waals surface area (Å²) in [5.74, 6) is -2.55. The van der Waals surface area contributed by atoms with Gasteiger partial charge in [-0.1, -0.05) is 0 Å². The summed E-state index contributed by atoms with van der Waals surface area (Å²) in [5, 5.41) is 13.6. The number of ether oxygens (including phenoxy) is 1. The van der Waals surface area contributed by atoms with Crippen LogP contribution < -0.4 is 62.9 Å². The Morgan fingerprint density at radius 2 is 1.24 bits per heavy atom. The van der Waals surface area contributed by atoms with Gasteiger partial charge in [-0.15, -0.1) is 0 Å². The van der Waals surface area contributed by atoms with Gasteiger partial charge in [-0.25, -0.2) is 5.48 Å². The first-order valence-electron chi connectivity index (χ1n) is 23.1. The molecule has 1 fully saturated rings. The maximum Gasteiger partial charge on any atom is 0.327 e. The van der Waals surface area contributed by atoms with E-state index < -0.39 is 23.6 Å². The van der Waals surface area contributed by atoms with Crippen molar-refractivity contribution in [2.75, 3.05) is 92.5 Å². The molecule has 0 radical (unpaired) electrons. The van der Waals surface area contributed by atoms with Crippen LogP contribution in [0.3, 0.4) is 0 Å². The molecule has 0 saturated carbocycles. The van der Waals surface area contributed by atoms with Crippen LogP contribution in [0.5, 0.6) is 0 Å². The number of morpholine rings is 1. The molecule has 7 amide bonds. The standard InChI is InChI=1S/C48H63N13O9S/c1-32-21-36(27-60(25-32)29-42(62)53-38-8-10-41(35(4)24-38)56-58-48(68)46(66)50-11-6-14-59-15-17-69-18-16-59)31-70-52-13-20-71-19-12-51-44(64)37-22-33(2)26-61(28-37)30-43(63)54-39-7-9-40(34(3)23-39)55-57-47(67)45(65)49-5/h7-10,21-28,52H,6,11-20,29-31H2,1-5H3,(H7-2,49,50,51,53,54,55,56,57,58,62,63,64,65,66,67,68)/p+2. The van der Waals surface area contributed by atoms with Crippen molar-refractivity contribution < 1.29 is 52.3 Å². The predicted molar refractivity (Wildman–Crippen MR) is 267 cm³/mol. The Morgan fingerprint density at radius 3 is 1.85 bits per heavy atom. The Morgan fingerprint density at radius 1 is 0.662 bits per heavy atom. The van der Waals surface area contributed by atoms with Gasteiger partial charge in [0.05, 0.1) is 31.2 Å². The maximum atomic E-state index is 13.0. The van der Waals surface area contributed by atoms with Gasteiger partial charge in [0.15, 0.2) is 24.8 Å². The molecule has 0 aliphatic carbocycles. The number of thioether (sulfide) groups is 1. The molecule has 380 valence electrons. The van der Waals surface area contributed by atoms with E-state index in [9.17, 15) is 33.6 Å². The van der Waals surface area contributed by atoms with Gasteiger partial charge >= 0.3 is 23.6 Å². The van der Waals surface area contributed by atoms with Gasteiger partial charge in [-0.3, -0.25) is 65.0 Å². The minimum Gasteiger partial charge on any atom is -0.379 e. The molecule has 0 bridgehead atoms. The Bertz CT molecular complexity index is 2520. The van der Waals surface area contributed by atoms with E-state index in [-0.39, 0.29) is 37.4 Å². The van der Waals surface area contributed by atoms with E-state index in [1.165, 1.54) is 7.05 Å². The first kappa shape index (κ1) is 54.8. The highest BCUT2D eigenvalue weighted by molar-refractivity contribution is 7.99. The van der Waals surface area contributed by atoms with Crippen LogP contribution in [0.25, 0.3) is 0 Å². The lowest BCUT2D eigenvalue weighted by atomic mass is 10.2. The van der Waals surface area contributed by atoms with Crippen LogP contribution in [0.2, 0.25) is 0 Å². The van der Waals surface area contributed by atoms with Gasteiger partial charge in [-0.05, 0) is 100 Å². The smallest absolute Gasteiger partial charge is 0.327 e. The maximum absolute atomic E-state index is 13.0. The van der Waals surface area contributed by atoms with Crippen molar-refractivity contribution in [3.63, 3.8) is 0 Å². The van der Waals surface area contributed by atoms with E-state index in [4.69, 9.17) is 9.57 Å². The molecule has 1 saturated heterocycles. The monoisotopic (exact) mass is 999 g/mol. The third-order valence-electron chi connectivity index (χ3n) is 10.6. The van der Waals surface area contributed by atoms with E-state index in [1.54, 1.807) is 82.7 Å². The molecule has 0 spiro atoms. The van der Waals surface area contributed by atoms with Gasteiger partial charge in [0.25, 0.3) is 17.7 Å². The normalized spacial score (nSPS) is 12.2. The number of aryl methyl sites for hydroxylation is 4. The Balaban J connectivity index is 0.936. The van der Waals surface area contributed by atoms with Crippen molar-refractivity contribution in [2.45, 2.75) is 53.8 Å². The zero-order chi connectivity index (χ0) is 51.1. The van der Waals surface area contributed by atoms with Crippen molar-refractivity contribution in [3.8, 4) is 0 Å². The number of amides is 7. The second-order valence-corrected chi connectivity index (χ2v) is 17.9. The summed E-state index contributed by atoms with van der Waals surface area (Å²) >= 11 is 1.64. The van der Waals surface area contributed by atoms with Crippen molar-refractivity contribution in [1.29, 1.82) is 0 Å². The number of hydrazine groups is 2. The van der Waals surface area contributed by atoms with E-state index in [2.05, 4.69) is 58.7 Å². The molecule has 23 heteroatoms. The molecular formula is C48H65N13O9S+2. The molecule has 71 heavy (non-hydrogen) atoms. The first-order chi connectivity index (χ1) is 34.1. The average Bonchev–Trinajstić information content (AvgIpc) is 3.33. The third-order valence-corrected chi connectivity index (χ3v) is 11.6. The van der Waals surface area contributed by atoms with E-state index in [0.29, 0.717) is 72.5 Å². The van der Waals surface area contributed by atoms with Crippen LogP contribution in [0.4, 0.5) is 22.7 Å². The lowest BCUT2D eigenvalue weighted by Gasteiger charge is -2.26. The van der Waals surface area contributed by atoms with E-state index in [1.807, 2.05) is 39.2 Å². The lowest BCUT2D eigenvalue weighted by Crippen LogP contribution is -2.43. The second-order valence-electron chi connectivity index (χ2n) is 16.7. The van der Waals surface area contributed by atoms with Gasteiger partial charge < -0.3 is 31.3 Å². The van der Waals surface area contributed by atoms with E-state index in [0.717, 1.165) is 54.1 Å². The number of hydrogen-bond donors (Lipinski definition) is 10. The summed E-state index contributed by atoms with van der Waals surface area (Å²) in [6, 6.07) is 13.9. The summed E-state index contributed by atoms with van der Waals surface area (Å²) in [6.07, 6.45) is 7.85. The highest BCUT2D eigenvalue weighted by Crippen LogP contribution is 2.20. The number of nitrogens with zero attached hydrogens (tertiary/aromatic N) is 3. The van der Waals surface area contributed by atoms with Crippen LogP contribution in [0.1, 0.15) is 44.6 Å². The fourth-order valence-electron chi connectivity index (χ4n) is 7.20. The molecule has 1 aliphatic heterocycles. The number of hydrogen-bond acceptors (Lipinski definition) is 14. The predicted octanol–water partition coefficient (Wildman–Crippen LogP) is 0.428. The van der Waals surface area contributed by atoms with Gasteiger partial charge in [-0.2, -0.15) is 20.9 Å². The van der Waals surface area contributed by atoms with Gasteiger partial charge in [0, 0.05) is 79.3 Å². The van der Waals surface area contributed by atoms with Crippen LogP contribution in [-0.2, 0) is 58.0 Å². The van der Waals surface area contributed by atoms with Crippen LogP contribution in [0.15, 0.2) is 73.3 Å². The molecule has 0 unspecified atom stereocenters. The summed E-state index contributed by atoms with van der Waals surface area (Å²) in [4.78, 5) is 94.6. The van der Waals surface area contributed by atoms with Crippen molar-refractivity contribution in [1.82, 2.24) is 37.2 Å². The number of benzene rings is 2. The van der Waals surface area contributed by atoms with Crippen LogP contribution in [-0.4, -0.2) is 117 Å². The second kappa shape index (κ2) is 28.5. The first-order valence-corrected chi connectivity index (χ1v) is 24.3. The van der Waals surface area contributed by atoms with Crippen molar-refractivity contribution in [2.24, 2.45) is 0 Å². The summed E-state index contributed by atoms with van der Waals surface area (Å²) in [6.45, 7) is 13.1. The average molecular weight is 1000 g/mol. The molecule has 1 aliphatic rings. The molecule has 0 atom stereocenters. The summed E-state index contributed by atoms with van der Waals surface area (Å²) in [7, 11) is 1.35. The molecule has 2 aromatic heterocycles. The Labute approximate surface area is 417 Å². The number of likely N-dealkylation sites (N-methyl/N-ethyl adjacent to an activating group) is 1. The number of pyridine rings is 2. The molecular weight excluding hydrogens is 935 g/mol. The summed E-state index contributed by atoms with van der Waals surface area (Å²) in [5.41, 5.74) is 19.9. The minimum absolute atomic E-state index is 0.0299. The Kier molecular flexibility index (Phi) is 22.0. The molecule has 22 nitrogen and oxygen atoms in total. The molecule has 5 rings (SSSR count). The fraction of sp³-hybridized carbons (Fsp3) is 0.396. The zero-order valence-electron chi connectivity index (χ0n) is 40.8. The third kappa shape index (κ3) is 19.3. The van der Waals surface area contributed by atoms with Gasteiger partial charge in [0.2, 0.25) is 13.1 Å². The van der Waals surface area contributed by atoms with Gasteiger partial charge in [0.1, 0.15) is 5.56 Å². The van der Waals surface area contributed by atoms with Crippen LogP contribution in [0, 0.1) is 27.7 Å².